The molecule has 3 rings (SSSR count). The highest BCUT2D eigenvalue weighted by atomic mass is 16.5. The van der Waals surface area contributed by atoms with E-state index in [-0.39, 0.29) is 18.1 Å². The van der Waals surface area contributed by atoms with Crippen molar-refractivity contribution in [3.8, 4) is 0 Å². The van der Waals surface area contributed by atoms with E-state index in [0.29, 0.717) is 12.5 Å². The molecule has 0 aromatic heterocycles. The van der Waals surface area contributed by atoms with Crippen LogP contribution in [-0.4, -0.2) is 49.3 Å². The third kappa shape index (κ3) is 4.79. The summed E-state index contributed by atoms with van der Waals surface area (Å²) in [6, 6.07) is 9.60. The van der Waals surface area contributed by atoms with Crippen LogP contribution in [0.25, 0.3) is 0 Å². The van der Waals surface area contributed by atoms with Crippen LogP contribution >= 0.6 is 0 Å². The van der Waals surface area contributed by atoms with Gasteiger partial charge in [0.15, 0.2) is 0 Å². The number of amides is 1. The Morgan fingerprint density at radius 3 is 2.42 bits per heavy atom. The first-order chi connectivity index (χ1) is 11.7. The van der Waals surface area contributed by atoms with E-state index in [9.17, 15) is 4.79 Å². The van der Waals surface area contributed by atoms with Gasteiger partial charge in [-0.15, -0.1) is 0 Å². The molecule has 1 aromatic carbocycles. The van der Waals surface area contributed by atoms with Crippen molar-refractivity contribution in [1.29, 1.82) is 0 Å². The minimum absolute atomic E-state index is 0.149. The fourth-order valence-corrected chi connectivity index (χ4v) is 3.46. The summed E-state index contributed by atoms with van der Waals surface area (Å²) in [5.74, 6) is 0.149. The van der Waals surface area contributed by atoms with Crippen molar-refractivity contribution < 1.29 is 14.3 Å². The van der Waals surface area contributed by atoms with Gasteiger partial charge in [0.1, 0.15) is 0 Å². The Bertz CT molecular complexity index is 509. The van der Waals surface area contributed by atoms with E-state index in [4.69, 9.17) is 15.2 Å². The molecule has 5 nitrogen and oxygen atoms in total. The zero-order valence-corrected chi connectivity index (χ0v) is 14.2. The van der Waals surface area contributed by atoms with Gasteiger partial charge in [-0.2, -0.15) is 0 Å². The van der Waals surface area contributed by atoms with Gasteiger partial charge in [0.05, 0.1) is 12.2 Å². The van der Waals surface area contributed by atoms with Gasteiger partial charge in [-0.25, -0.2) is 0 Å². The van der Waals surface area contributed by atoms with Crippen LogP contribution in [0, 0.1) is 0 Å². The van der Waals surface area contributed by atoms with Crippen LogP contribution in [-0.2, 0) is 14.3 Å². The number of ether oxygens (including phenoxy) is 2. The minimum atomic E-state index is -0.227. The summed E-state index contributed by atoms with van der Waals surface area (Å²) < 4.78 is 11.5. The lowest BCUT2D eigenvalue weighted by Crippen LogP contribution is -2.43. The predicted molar refractivity (Wildman–Crippen MR) is 92.5 cm³/mol. The van der Waals surface area contributed by atoms with Crippen molar-refractivity contribution in [2.75, 3.05) is 26.3 Å². The van der Waals surface area contributed by atoms with E-state index in [0.717, 1.165) is 57.6 Å². The average Bonchev–Trinajstić information content (AvgIpc) is 2.64. The molecule has 2 aliphatic rings. The Morgan fingerprint density at radius 2 is 1.75 bits per heavy atom. The second-order valence-electron chi connectivity index (χ2n) is 6.75. The maximum atomic E-state index is 12.5. The largest absolute Gasteiger partial charge is 0.381 e. The first kappa shape index (κ1) is 17.4. The quantitative estimate of drug-likeness (QED) is 0.898. The summed E-state index contributed by atoms with van der Waals surface area (Å²) in [6.07, 6.45) is 4.80. The average molecular weight is 332 g/mol. The van der Waals surface area contributed by atoms with Crippen molar-refractivity contribution in [1.82, 2.24) is 4.90 Å². The van der Waals surface area contributed by atoms with Crippen LogP contribution in [0.1, 0.15) is 43.7 Å². The fourth-order valence-electron chi connectivity index (χ4n) is 3.46. The van der Waals surface area contributed by atoms with Crippen molar-refractivity contribution in [3.05, 3.63) is 35.9 Å². The number of carbonyl (C=O) groups is 1. The lowest BCUT2D eigenvalue weighted by molar-refractivity contribution is -0.136. The normalized spacial score (nSPS) is 21.6. The van der Waals surface area contributed by atoms with Gasteiger partial charge in [0, 0.05) is 38.8 Å². The Labute approximate surface area is 144 Å². The molecule has 0 saturated carbocycles. The van der Waals surface area contributed by atoms with Gasteiger partial charge in [0.25, 0.3) is 0 Å². The lowest BCUT2D eigenvalue weighted by Gasteiger charge is -2.35. The highest BCUT2D eigenvalue weighted by Gasteiger charge is 2.27. The Hall–Kier alpha value is -1.43. The number of piperidine rings is 1. The highest BCUT2D eigenvalue weighted by Crippen LogP contribution is 2.22. The number of benzene rings is 1. The highest BCUT2D eigenvalue weighted by molar-refractivity contribution is 5.77. The fraction of sp³-hybridized carbons (Fsp3) is 0.632. The Balaban J connectivity index is 1.41. The molecule has 0 unspecified atom stereocenters. The van der Waals surface area contributed by atoms with Gasteiger partial charge in [-0.3, -0.25) is 4.79 Å². The second kappa shape index (κ2) is 8.60. The van der Waals surface area contributed by atoms with Crippen LogP contribution in [0.2, 0.25) is 0 Å². The molecule has 24 heavy (non-hydrogen) atoms. The summed E-state index contributed by atoms with van der Waals surface area (Å²) in [5, 5.41) is 0. The molecule has 1 atom stereocenters. The summed E-state index contributed by atoms with van der Waals surface area (Å²) in [4.78, 5) is 14.4. The summed E-state index contributed by atoms with van der Waals surface area (Å²) >= 11 is 0. The van der Waals surface area contributed by atoms with Gasteiger partial charge in [-0.1, -0.05) is 30.3 Å². The van der Waals surface area contributed by atoms with E-state index in [1.165, 1.54) is 0 Å². The van der Waals surface area contributed by atoms with Crippen LogP contribution in [0.3, 0.4) is 0 Å². The summed E-state index contributed by atoms with van der Waals surface area (Å²) in [5.41, 5.74) is 7.19. The molecule has 132 valence electrons. The van der Waals surface area contributed by atoms with Crippen LogP contribution in [0.5, 0.6) is 0 Å². The maximum absolute atomic E-state index is 12.5. The number of nitrogens with two attached hydrogens (primary N) is 1. The first-order valence-electron chi connectivity index (χ1n) is 9.04. The number of hydrogen-bond donors (Lipinski definition) is 1. The Kier molecular flexibility index (Phi) is 6.24. The van der Waals surface area contributed by atoms with Gasteiger partial charge >= 0.3 is 0 Å². The van der Waals surface area contributed by atoms with E-state index < -0.39 is 0 Å². The van der Waals surface area contributed by atoms with E-state index in [1.807, 2.05) is 35.2 Å². The molecule has 1 aromatic rings. The zero-order valence-electron chi connectivity index (χ0n) is 14.2. The van der Waals surface area contributed by atoms with Crippen LogP contribution < -0.4 is 5.73 Å². The minimum Gasteiger partial charge on any atom is -0.381 e. The standard InChI is InChI=1S/C19H28N2O3/c20-18(15-4-2-1-3-5-15)14-19(22)21-10-6-16(7-11-21)24-17-8-12-23-13-9-17/h1-5,16-18H,6-14,20H2/t18-/m1/s1. The predicted octanol–water partition coefficient (Wildman–Crippen LogP) is 2.26. The Morgan fingerprint density at radius 1 is 1.12 bits per heavy atom. The van der Waals surface area contributed by atoms with E-state index in [1.54, 1.807) is 0 Å². The third-order valence-corrected chi connectivity index (χ3v) is 4.97. The van der Waals surface area contributed by atoms with Gasteiger partial charge in [0.2, 0.25) is 5.91 Å². The number of nitrogens with zero attached hydrogens (tertiary/aromatic N) is 1. The molecule has 2 fully saturated rings. The first-order valence-corrected chi connectivity index (χ1v) is 9.04. The molecule has 2 heterocycles. The topological polar surface area (TPSA) is 64.8 Å². The van der Waals surface area contributed by atoms with Gasteiger partial charge in [-0.05, 0) is 31.2 Å². The van der Waals surface area contributed by atoms with Crippen molar-refractivity contribution in [3.63, 3.8) is 0 Å². The van der Waals surface area contributed by atoms with Crippen molar-refractivity contribution >= 4 is 5.91 Å². The summed E-state index contributed by atoms with van der Waals surface area (Å²) in [7, 11) is 0. The van der Waals surface area contributed by atoms with Crippen LogP contribution in [0.15, 0.2) is 30.3 Å². The molecular formula is C19H28N2O3. The zero-order chi connectivity index (χ0) is 16.8. The van der Waals surface area contributed by atoms with E-state index in [2.05, 4.69) is 0 Å². The molecule has 0 radical (unpaired) electrons. The smallest absolute Gasteiger partial charge is 0.224 e. The number of carbonyl (C=O) groups excluding carboxylic acids is 1. The molecule has 0 bridgehead atoms. The third-order valence-electron chi connectivity index (χ3n) is 4.97. The molecule has 2 aliphatic heterocycles. The molecule has 2 saturated heterocycles. The maximum Gasteiger partial charge on any atom is 0.224 e. The van der Waals surface area contributed by atoms with Crippen molar-refractivity contribution in [2.24, 2.45) is 5.73 Å². The molecule has 0 spiro atoms. The number of rotatable bonds is 5. The van der Waals surface area contributed by atoms with Crippen molar-refractivity contribution in [2.45, 2.75) is 50.4 Å². The molecule has 5 heteroatoms. The summed E-state index contributed by atoms with van der Waals surface area (Å²) in [6.45, 7) is 3.15. The second-order valence-corrected chi connectivity index (χ2v) is 6.75. The van der Waals surface area contributed by atoms with Gasteiger partial charge < -0.3 is 20.1 Å². The number of likely N-dealkylation sites (tertiary alicyclic amines) is 1. The van der Waals surface area contributed by atoms with E-state index >= 15 is 0 Å². The lowest BCUT2D eigenvalue weighted by atomic mass is 10.0. The molecule has 2 N–H and O–H groups in total. The van der Waals surface area contributed by atoms with Crippen LogP contribution in [0.4, 0.5) is 0 Å². The SMILES string of the molecule is N[C@H](CC(=O)N1CCC(OC2CCOCC2)CC1)c1ccccc1. The molecular weight excluding hydrogens is 304 g/mol. The monoisotopic (exact) mass is 332 g/mol. The number of hydrogen-bond acceptors (Lipinski definition) is 4. The molecule has 1 amide bonds. The molecule has 0 aliphatic carbocycles.